The number of hydrogen-bond acceptors (Lipinski definition) is 4. The van der Waals surface area contributed by atoms with E-state index in [1.165, 1.54) is 28.0 Å². The lowest BCUT2D eigenvalue weighted by atomic mass is 10.0. The lowest BCUT2D eigenvalue weighted by molar-refractivity contribution is 0.241. The Morgan fingerprint density at radius 1 is 1.22 bits per heavy atom. The van der Waals surface area contributed by atoms with Crippen LogP contribution in [0.15, 0.2) is 42.6 Å². The van der Waals surface area contributed by atoms with Crippen LogP contribution in [0.4, 0.5) is 0 Å². The van der Waals surface area contributed by atoms with E-state index in [1.54, 1.807) is 11.3 Å². The van der Waals surface area contributed by atoms with Gasteiger partial charge < -0.3 is 10.1 Å². The average Bonchev–Trinajstić information content (AvgIpc) is 3.29. The van der Waals surface area contributed by atoms with Crippen LogP contribution < -0.4 is 10.1 Å². The van der Waals surface area contributed by atoms with Crippen molar-refractivity contribution in [3.05, 3.63) is 59.3 Å². The van der Waals surface area contributed by atoms with Crippen LogP contribution in [-0.4, -0.2) is 18.1 Å². The molecule has 140 valence electrons. The molecule has 0 radical (unpaired) electrons. The molecule has 1 atom stereocenters. The van der Waals surface area contributed by atoms with Gasteiger partial charge >= 0.3 is 0 Å². The second kappa shape index (κ2) is 7.45. The second-order valence-corrected chi connectivity index (χ2v) is 8.46. The normalized spacial score (nSPS) is 16.0. The largest absolute Gasteiger partial charge is 0.491 e. The summed E-state index contributed by atoms with van der Waals surface area (Å²) in [4.78, 5) is 5.97. The van der Waals surface area contributed by atoms with E-state index in [1.807, 2.05) is 13.2 Å². The van der Waals surface area contributed by atoms with Crippen LogP contribution in [0, 0.1) is 6.92 Å². The Morgan fingerprint density at radius 2 is 2.07 bits per heavy atom. The minimum atomic E-state index is 0.183. The molecule has 3 nitrogen and oxygen atoms in total. The average molecular weight is 379 g/mol. The lowest BCUT2D eigenvalue weighted by Gasteiger charge is -2.12. The summed E-state index contributed by atoms with van der Waals surface area (Å²) in [7, 11) is 2.05. The van der Waals surface area contributed by atoms with E-state index < -0.39 is 0 Å². The molecule has 3 aromatic rings. The zero-order valence-electron chi connectivity index (χ0n) is 16.4. The van der Waals surface area contributed by atoms with Gasteiger partial charge in [-0.3, -0.25) is 0 Å². The molecular weight excluding hydrogens is 352 g/mol. The molecular formula is C23H26N2OS. The number of aryl methyl sites for hydroxylation is 1. The Bertz CT molecular complexity index is 961. The molecule has 0 bridgehead atoms. The first-order chi connectivity index (χ1) is 13.1. The Balaban J connectivity index is 1.66. The molecule has 4 heteroatoms. The van der Waals surface area contributed by atoms with Gasteiger partial charge in [-0.05, 0) is 81.1 Å². The van der Waals surface area contributed by atoms with Gasteiger partial charge in [-0.1, -0.05) is 18.2 Å². The summed E-state index contributed by atoms with van der Waals surface area (Å²) in [5.74, 6) is 0.949. The molecule has 0 spiro atoms. The van der Waals surface area contributed by atoms with Crippen molar-refractivity contribution >= 4 is 11.3 Å². The fourth-order valence-corrected chi connectivity index (χ4v) is 4.85. The summed E-state index contributed by atoms with van der Waals surface area (Å²) >= 11 is 1.77. The maximum atomic E-state index is 5.86. The molecule has 27 heavy (non-hydrogen) atoms. The van der Waals surface area contributed by atoms with E-state index in [0.717, 1.165) is 28.3 Å². The first kappa shape index (κ1) is 18.2. The van der Waals surface area contributed by atoms with Crippen molar-refractivity contribution in [3.8, 4) is 26.8 Å². The number of benzene rings is 2. The Hall–Kier alpha value is -2.17. The van der Waals surface area contributed by atoms with Gasteiger partial charge in [0.25, 0.3) is 0 Å². The number of hydrogen-bond donors (Lipinski definition) is 1. The van der Waals surface area contributed by atoms with Crippen molar-refractivity contribution in [2.24, 2.45) is 0 Å². The van der Waals surface area contributed by atoms with Crippen LogP contribution in [0.5, 0.6) is 5.75 Å². The highest BCUT2D eigenvalue weighted by atomic mass is 32.1. The van der Waals surface area contributed by atoms with Crippen molar-refractivity contribution in [1.29, 1.82) is 0 Å². The van der Waals surface area contributed by atoms with E-state index in [9.17, 15) is 0 Å². The topological polar surface area (TPSA) is 34.2 Å². The number of thiazole rings is 1. The molecule has 0 saturated carbocycles. The van der Waals surface area contributed by atoms with Crippen molar-refractivity contribution in [2.45, 2.75) is 45.8 Å². The van der Waals surface area contributed by atoms with Crippen LogP contribution in [0.3, 0.4) is 0 Å². The van der Waals surface area contributed by atoms with Crippen molar-refractivity contribution in [1.82, 2.24) is 10.3 Å². The number of nitrogens with zero attached hydrogens (tertiary/aromatic N) is 1. The summed E-state index contributed by atoms with van der Waals surface area (Å²) in [5, 5.41) is 4.49. The maximum Gasteiger partial charge on any atom is 0.123 e. The number of aromatic nitrogens is 1. The maximum absolute atomic E-state index is 5.86. The van der Waals surface area contributed by atoms with Crippen LogP contribution in [0.2, 0.25) is 0 Å². The van der Waals surface area contributed by atoms with E-state index in [2.05, 4.69) is 62.5 Å². The third kappa shape index (κ3) is 3.52. The van der Waals surface area contributed by atoms with Crippen molar-refractivity contribution in [3.63, 3.8) is 0 Å². The lowest BCUT2D eigenvalue weighted by Crippen LogP contribution is -2.12. The molecule has 1 aromatic heterocycles. The van der Waals surface area contributed by atoms with E-state index >= 15 is 0 Å². The summed E-state index contributed by atoms with van der Waals surface area (Å²) in [5.41, 5.74) is 6.56. The van der Waals surface area contributed by atoms with Gasteiger partial charge in [0.1, 0.15) is 10.8 Å². The smallest absolute Gasteiger partial charge is 0.123 e. The number of nitrogens with one attached hydrogen (secondary N) is 1. The van der Waals surface area contributed by atoms with Crippen LogP contribution in [-0.2, 0) is 6.42 Å². The Kier molecular flexibility index (Phi) is 5.02. The van der Waals surface area contributed by atoms with Gasteiger partial charge in [-0.2, -0.15) is 0 Å². The predicted molar refractivity (Wildman–Crippen MR) is 114 cm³/mol. The molecule has 2 aromatic carbocycles. The molecule has 0 amide bonds. The summed E-state index contributed by atoms with van der Waals surface area (Å²) in [6, 6.07) is 13.5. The number of ether oxygens (including phenoxy) is 1. The summed E-state index contributed by atoms with van der Waals surface area (Å²) in [6.07, 6.45) is 4.51. The highest BCUT2D eigenvalue weighted by Crippen LogP contribution is 2.41. The summed E-state index contributed by atoms with van der Waals surface area (Å²) in [6.45, 7) is 6.20. The number of fused-ring (bicyclic) bond motifs is 1. The van der Waals surface area contributed by atoms with Crippen LogP contribution in [0.1, 0.15) is 43.0 Å². The molecule has 4 rings (SSSR count). The standard InChI is InChI=1S/C23H26N2OS/c1-14(2)26-21-11-8-16(12-15(21)3)23-25-13-22(27-23)19-7-5-6-18-17(19)9-10-20(18)24-4/h5-8,11-14,20,24H,9-10H2,1-4H3. The Morgan fingerprint density at radius 3 is 2.81 bits per heavy atom. The van der Waals surface area contributed by atoms with Crippen molar-refractivity contribution in [2.75, 3.05) is 7.05 Å². The Labute approximate surface area is 165 Å². The first-order valence-electron chi connectivity index (χ1n) is 9.59. The molecule has 1 N–H and O–H groups in total. The second-order valence-electron chi connectivity index (χ2n) is 7.43. The fraction of sp³-hybridized carbons (Fsp3) is 0.348. The zero-order chi connectivity index (χ0) is 19.0. The van der Waals surface area contributed by atoms with E-state index in [-0.39, 0.29) is 6.10 Å². The quantitative estimate of drug-likeness (QED) is 0.611. The molecule has 0 aliphatic heterocycles. The zero-order valence-corrected chi connectivity index (χ0v) is 17.2. The molecule has 1 aliphatic rings. The van der Waals surface area contributed by atoms with E-state index in [0.29, 0.717) is 6.04 Å². The molecule has 0 fully saturated rings. The summed E-state index contributed by atoms with van der Waals surface area (Å²) < 4.78 is 5.86. The van der Waals surface area contributed by atoms with Gasteiger partial charge in [0.15, 0.2) is 0 Å². The number of rotatable bonds is 5. The predicted octanol–water partition coefficient (Wildman–Crippen LogP) is 5.78. The van der Waals surface area contributed by atoms with Gasteiger partial charge in [-0.25, -0.2) is 4.98 Å². The first-order valence-corrected chi connectivity index (χ1v) is 10.4. The van der Waals surface area contributed by atoms with Crippen molar-refractivity contribution < 1.29 is 4.74 Å². The van der Waals surface area contributed by atoms with Gasteiger partial charge in [0.05, 0.1) is 11.0 Å². The SMILES string of the molecule is CNC1CCc2c(-c3cnc(-c4ccc(OC(C)C)c(C)c4)s3)cccc21. The van der Waals surface area contributed by atoms with Crippen LogP contribution in [0.25, 0.3) is 21.0 Å². The van der Waals surface area contributed by atoms with E-state index in [4.69, 9.17) is 9.72 Å². The molecule has 0 saturated heterocycles. The molecule has 1 unspecified atom stereocenters. The highest BCUT2D eigenvalue weighted by molar-refractivity contribution is 7.18. The fourth-order valence-electron chi connectivity index (χ4n) is 3.89. The third-order valence-electron chi connectivity index (χ3n) is 5.17. The third-order valence-corrected chi connectivity index (χ3v) is 6.25. The molecule has 1 heterocycles. The van der Waals surface area contributed by atoms with Crippen LogP contribution >= 0.6 is 11.3 Å². The monoisotopic (exact) mass is 378 g/mol. The van der Waals surface area contributed by atoms with Gasteiger partial charge in [0.2, 0.25) is 0 Å². The minimum Gasteiger partial charge on any atom is -0.491 e. The molecule has 1 aliphatic carbocycles. The minimum absolute atomic E-state index is 0.183. The van der Waals surface area contributed by atoms with Gasteiger partial charge in [-0.15, -0.1) is 11.3 Å². The van der Waals surface area contributed by atoms with Gasteiger partial charge in [0, 0.05) is 17.8 Å². The highest BCUT2D eigenvalue weighted by Gasteiger charge is 2.24.